The zero-order chi connectivity index (χ0) is 13.5. The van der Waals surface area contributed by atoms with E-state index in [4.69, 9.17) is 0 Å². The Hall–Kier alpha value is 0.550. The molecule has 0 rings (SSSR count). The molecule has 0 aromatic rings. The van der Waals surface area contributed by atoms with Gasteiger partial charge in [-0.2, -0.15) is 0 Å². The topological polar surface area (TPSA) is 24.4 Å². The minimum Gasteiger partial charge on any atom is -0.368 e. The molecule has 0 bridgehead atoms. The minimum atomic E-state index is 0. The quantitative estimate of drug-likeness (QED) is 0.215. The van der Waals surface area contributed by atoms with Crippen LogP contribution in [0.15, 0.2) is 4.99 Å². The fourth-order valence-electron chi connectivity index (χ4n) is 2.01. The summed E-state index contributed by atoms with van der Waals surface area (Å²) >= 11 is 1.84. The van der Waals surface area contributed by atoms with Crippen molar-refractivity contribution < 1.29 is 0 Å². The van der Waals surface area contributed by atoms with Gasteiger partial charge in [-0.3, -0.25) is 4.99 Å². The van der Waals surface area contributed by atoms with E-state index >= 15 is 0 Å². The second kappa shape index (κ2) is 18.6. The Morgan fingerprint density at radius 3 is 1.79 bits per heavy atom. The molecule has 0 aliphatic rings. The first-order valence-corrected chi connectivity index (χ1v) is 8.61. The molecule has 0 heterocycles. The maximum atomic E-state index is 4.16. The lowest BCUT2D eigenvalue weighted by Gasteiger charge is -2.04. The van der Waals surface area contributed by atoms with Gasteiger partial charge in [-0.1, -0.05) is 76.5 Å². The number of thioether (sulfide) groups is 1. The summed E-state index contributed by atoms with van der Waals surface area (Å²) in [6, 6.07) is 0. The summed E-state index contributed by atoms with van der Waals surface area (Å²) in [7, 11) is 3.78. The number of nitrogens with one attached hydrogen (secondary N) is 1. The molecule has 0 aliphatic heterocycles. The number of aliphatic imine (C=N–C) groups is 1. The van der Waals surface area contributed by atoms with E-state index in [1.54, 1.807) is 0 Å². The first kappa shape index (κ1) is 21.8. The van der Waals surface area contributed by atoms with E-state index < -0.39 is 0 Å². The first-order chi connectivity index (χ1) is 8.85. The summed E-state index contributed by atoms with van der Waals surface area (Å²) < 4.78 is 0. The highest BCUT2D eigenvalue weighted by Gasteiger charge is 1.96. The van der Waals surface area contributed by atoms with E-state index in [1.807, 2.05) is 25.9 Å². The van der Waals surface area contributed by atoms with Gasteiger partial charge in [0.2, 0.25) is 0 Å². The van der Waals surface area contributed by atoms with Crippen molar-refractivity contribution in [3.8, 4) is 0 Å². The third-order valence-corrected chi connectivity index (χ3v) is 4.31. The molecular formula is C15H33IN2S. The smallest absolute Gasteiger partial charge is 0.156 e. The number of rotatable bonds is 11. The number of unbranched alkanes of at least 4 members (excludes halogenated alkanes) is 9. The van der Waals surface area contributed by atoms with Crippen molar-refractivity contribution >= 4 is 40.9 Å². The van der Waals surface area contributed by atoms with Crippen LogP contribution in [0.4, 0.5) is 0 Å². The van der Waals surface area contributed by atoms with E-state index in [9.17, 15) is 0 Å². The van der Waals surface area contributed by atoms with E-state index in [0.29, 0.717) is 0 Å². The molecule has 1 N–H and O–H groups in total. The van der Waals surface area contributed by atoms with E-state index in [1.165, 1.54) is 70.0 Å². The Labute approximate surface area is 142 Å². The number of halogens is 1. The van der Waals surface area contributed by atoms with Crippen molar-refractivity contribution in [3.63, 3.8) is 0 Å². The van der Waals surface area contributed by atoms with Gasteiger partial charge in [0, 0.05) is 19.8 Å². The second-order valence-electron chi connectivity index (χ2n) is 4.81. The van der Waals surface area contributed by atoms with Crippen LogP contribution in [0.3, 0.4) is 0 Å². The summed E-state index contributed by atoms with van der Waals surface area (Å²) in [5, 5.41) is 4.16. The SMILES string of the molecule is CCCCCCCCCCCCSC(=NC)NC.I. The molecule has 0 radical (unpaired) electrons. The zero-order valence-corrected chi connectivity index (χ0v) is 16.2. The van der Waals surface area contributed by atoms with E-state index in [-0.39, 0.29) is 24.0 Å². The predicted octanol–water partition coefficient (Wildman–Crippen LogP) is 5.46. The molecule has 0 unspecified atom stereocenters. The summed E-state index contributed by atoms with van der Waals surface area (Å²) in [6.07, 6.45) is 14.1. The Bertz CT molecular complexity index is 199. The molecule has 0 fully saturated rings. The van der Waals surface area contributed by atoms with Gasteiger partial charge in [0.25, 0.3) is 0 Å². The first-order valence-electron chi connectivity index (χ1n) is 7.62. The molecule has 4 heteroatoms. The molecule has 0 aliphatic carbocycles. The van der Waals surface area contributed by atoms with Crippen molar-refractivity contribution in [1.29, 1.82) is 0 Å². The normalized spacial score (nSPS) is 11.2. The minimum absolute atomic E-state index is 0. The van der Waals surface area contributed by atoms with Crippen LogP contribution in [-0.2, 0) is 0 Å². The van der Waals surface area contributed by atoms with Crippen molar-refractivity contribution in [3.05, 3.63) is 0 Å². The Kier molecular flexibility index (Phi) is 21.3. The van der Waals surface area contributed by atoms with Crippen LogP contribution in [0.2, 0.25) is 0 Å². The number of hydrogen-bond acceptors (Lipinski definition) is 2. The zero-order valence-electron chi connectivity index (χ0n) is 13.0. The van der Waals surface area contributed by atoms with Gasteiger partial charge in [-0.05, 0) is 6.42 Å². The largest absolute Gasteiger partial charge is 0.368 e. The lowest BCUT2D eigenvalue weighted by molar-refractivity contribution is 0.563. The van der Waals surface area contributed by atoms with Gasteiger partial charge in [0.15, 0.2) is 5.17 Å². The third-order valence-electron chi connectivity index (χ3n) is 3.15. The maximum absolute atomic E-state index is 4.16. The van der Waals surface area contributed by atoms with Crippen molar-refractivity contribution in [2.45, 2.75) is 71.1 Å². The summed E-state index contributed by atoms with van der Waals surface area (Å²) in [6.45, 7) is 2.28. The number of hydrogen-bond donors (Lipinski definition) is 1. The average Bonchev–Trinajstić information content (AvgIpc) is 2.40. The molecule has 0 spiro atoms. The lowest BCUT2D eigenvalue weighted by atomic mass is 10.1. The van der Waals surface area contributed by atoms with E-state index in [0.717, 1.165) is 5.17 Å². The molecule has 0 aromatic carbocycles. The van der Waals surface area contributed by atoms with Crippen LogP contribution in [0.1, 0.15) is 71.1 Å². The van der Waals surface area contributed by atoms with Gasteiger partial charge >= 0.3 is 0 Å². The fraction of sp³-hybridized carbons (Fsp3) is 0.933. The summed E-state index contributed by atoms with van der Waals surface area (Å²) in [4.78, 5) is 4.16. The summed E-state index contributed by atoms with van der Waals surface area (Å²) in [5.74, 6) is 1.20. The van der Waals surface area contributed by atoms with Gasteiger partial charge in [0.05, 0.1) is 0 Å². The Morgan fingerprint density at radius 2 is 1.37 bits per heavy atom. The maximum Gasteiger partial charge on any atom is 0.156 e. The number of nitrogens with zero attached hydrogens (tertiary/aromatic N) is 1. The molecule has 2 nitrogen and oxygen atoms in total. The van der Waals surface area contributed by atoms with E-state index in [2.05, 4.69) is 17.2 Å². The van der Waals surface area contributed by atoms with Crippen molar-refractivity contribution in [2.24, 2.45) is 4.99 Å². The van der Waals surface area contributed by atoms with Gasteiger partial charge in [-0.25, -0.2) is 0 Å². The van der Waals surface area contributed by atoms with Crippen molar-refractivity contribution in [2.75, 3.05) is 19.8 Å². The van der Waals surface area contributed by atoms with Gasteiger partial charge < -0.3 is 5.32 Å². The van der Waals surface area contributed by atoms with Crippen LogP contribution in [0.25, 0.3) is 0 Å². The van der Waals surface area contributed by atoms with Crippen LogP contribution in [0.5, 0.6) is 0 Å². The summed E-state index contributed by atoms with van der Waals surface area (Å²) in [5.41, 5.74) is 0. The predicted molar refractivity (Wildman–Crippen MR) is 102 cm³/mol. The number of amidine groups is 1. The molecule has 0 saturated heterocycles. The van der Waals surface area contributed by atoms with Gasteiger partial charge in [0.1, 0.15) is 0 Å². The van der Waals surface area contributed by atoms with Crippen LogP contribution >= 0.6 is 35.7 Å². The fourth-order valence-corrected chi connectivity index (χ4v) is 2.82. The van der Waals surface area contributed by atoms with Gasteiger partial charge in [-0.15, -0.1) is 24.0 Å². The molecule has 116 valence electrons. The third kappa shape index (κ3) is 16.5. The average molecular weight is 400 g/mol. The monoisotopic (exact) mass is 400 g/mol. The second-order valence-corrected chi connectivity index (χ2v) is 5.89. The molecule has 0 atom stereocenters. The highest BCUT2D eigenvalue weighted by Crippen LogP contribution is 2.12. The van der Waals surface area contributed by atoms with Crippen LogP contribution < -0.4 is 5.32 Å². The molecular weight excluding hydrogens is 367 g/mol. The molecule has 0 aromatic heterocycles. The highest BCUT2D eigenvalue weighted by molar-refractivity contribution is 14.0. The molecule has 0 saturated carbocycles. The highest BCUT2D eigenvalue weighted by atomic mass is 127. The van der Waals surface area contributed by atoms with Crippen LogP contribution in [0, 0.1) is 0 Å². The standard InChI is InChI=1S/C15H32N2S.HI/c1-4-5-6-7-8-9-10-11-12-13-14-18-15(16-2)17-3;/h4-14H2,1-3H3,(H,16,17);1H. The van der Waals surface area contributed by atoms with Crippen LogP contribution in [-0.4, -0.2) is 25.0 Å². The Balaban J connectivity index is 0. The lowest BCUT2D eigenvalue weighted by Crippen LogP contribution is -2.14. The molecule has 19 heavy (non-hydrogen) atoms. The van der Waals surface area contributed by atoms with Crippen molar-refractivity contribution in [1.82, 2.24) is 5.32 Å². The molecule has 0 amide bonds. The Morgan fingerprint density at radius 1 is 0.895 bits per heavy atom.